The highest BCUT2D eigenvalue weighted by molar-refractivity contribution is 5.52. The second kappa shape index (κ2) is 11.8. The molecule has 0 aliphatic heterocycles. The van der Waals surface area contributed by atoms with Gasteiger partial charge in [0.1, 0.15) is 23.0 Å². The third-order valence-electron chi connectivity index (χ3n) is 11.1. The van der Waals surface area contributed by atoms with E-state index in [4.69, 9.17) is 0 Å². The first-order valence-electron chi connectivity index (χ1n) is 16.7. The van der Waals surface area contributed by atoms with Crippen LogP contribution in [0.15, 0.2) is 78.9 Å². The molecular formula is C41H48O4. The van der Waals surface area contributed by atoms with Crippen molar-refractivity contribution in [1.29, 1.82) is 0 Å². The number of hydrogen-bond acceptors (Lipinski definition) is 4. The maximum absolute atomic E-state index is 11.2. The third-order valence-corrected chi connectivity index (χ3v) is 11.1. The van der Waals surface area contributed by atoms with Gasteiger partial charge in [-0.3, -0.25) is 0 Å². The van der Waals surface area contributed by atoms with Crippen LogP contribution in [0.5, 0.6) is 23.0 Å². The van der Waals surface area contributed by atoms with Gasteiger partial charge in [0.2, 0.25) is 0 Å². The largest absolute Gasteiger partial charge is 0.508 e. The monoisotopic (exact) mass is 604 g/mol. The lowest BCUT2D eigenvalue weighted by Crippen LogP contribution is -2.43. The standard InChI is InChI=1S/C41H48O4/c1-27-23-39(4,26-41(24-27,31-8-13-34(42)14-9-31)32-10-15-35(43)16-11-32)25-30-22-38(45)29(3)21-36(30)40(18-6-5-7-19-40)33-12-17-37(44)28(2)20-33/h8-17,20-22,27,42-45H,5-7,18-19,23-26H2,1-4H3. The average molecular weight is 605 g/mol. The Bertz CT molecular complexity index is 1620. The molecule has 2 atom stereocenters. The van der Waals surface area contributed by atoms with Gasteiger partial charge < -0.3 is 20.4 Å². The quantitative estimate of drug-likeness (QED) is 0.177. The van der Waals surface area contributed by atoms with Crippen LogP contribution in [-0.4, -0.2) is 20.4 Å². The van der Waals surface area contributed by atoms with Crippen molar-refractivity contribution in [2.45, 2.75) is 96.3 Å². The van der Waals surface area contributed by atoms with Crippen LogP contribution in [0.2, 0.25) is 0 Å². The van der Waals surface area contributed by atoms with Gasteiger partial charge in [-0.15, -0.1) is 0 Å². The van der Waals surface area contributed by atoms with Crippen molar-refractivity contribution in [1.82, 2.24) is 0 Å². The van der Waals surface area contributed by atoms with E-state index in [9.17, 15) is 20.4 Å². The fourth-order valence-electron chi connectivity index (χ4n) is 9.30. The Morgan fingerprint density at radius 3 is 1.76 bits per heavy atom. The number of phenols is 4. The Labute approximate surface area is 268 Å². The zero-order valence-electron chi connectivity index (χ0n) is 27.2. The first kappa shape index (κ1) is 31.1. The third kappa shape index (κ3) is 5.80. The van der Waals surface area contributed by atoms with Crippen molar-refractivity contribution < 1.29 is 20.4 Å². The molecule has 0 amide bonds. The molecule has 0 bridgehead atoms. The first-order chi connectivity index (χ1) is 21.4. The highest BCUT2D eigenvalue weighted by Crippen LogP contribution is 2.56. The maximum atomic E-state index is 11.2. The van der Waals surface area contributed by atoms with Gasteiger partial charge >= 0.3 is 0 Å². The van der Waals surface area contributed by atoms with E-state index < -0.39 is 0 Å². The van der Waals surface area contributed by atoms with Crippen LogP contribution in [0.25, 0.3) is 0 Å². The molecule has 2 aliphatic carbocycles. The maximum Gasteiger partial charge on any atom is 0.118 e. The SMILES string of the molecule is Cc1cc(C2(c3cc(C)c(O)cc3CC3(C)CC(C)CC(c4ccc(O)cc4)(c4ccc(O)cc4)C3)CCCCC2)ccc1O. The van der Waals surface area contributed by atoms with E-state index in [1.807, 2.05) is 26.0 Å². The van der Waals surface area contributed by atoms with E-state index >= 15 is 0 Å². The minimum absolute atomic E-state index is 0.0926. The van der Waals surface area contributed by atoms with E-state index in [1.54, 1.807) is 24.3 Å². The second-order valence-electron chi connectivity index (χ2n) is 14.8. The van der Waals surface area contributed by atoms with Gasteiger partial charge in [-0.05, 0) is 139 Å². The van der Waals surface area contributed by atoms with Gasteiger partial charge in [-0.25, -0.2) is 0 Å². The van der Waals surface area contributed by atoms with Crippen LogP contribution in [0.3, 0.4) is 0 Å². The molecule has 0 heterocycles. The summed E-state index contributed by atoms with van der Waals surface area (Å²) >= 11 is 0. The van der Waals surface area contributed by atoms with Gasteiger partial charge in [0, 0.05) is 10.8 Å². The summed E-state index contributed by atoms with van der Waals surface area (Å²) in [6, 6.07) is 25.8. The van der Waals surface area contributed by atoms with Crippen LogP contribution in [-0.2, 0) is 17.3 Å². The molecule has 0 saturated heterocycles. The Kier molecular flexibility index (Phi) is 8.14. The predicted molar refractivity (Wildman–Crippen MR) is 181 cm³/mol. The number of benzene rings is 4. The molecule has 6 rings (SSSR count). The van der Waals surface area contributed by atoms with Gasteiger partial charge in [0.05, 0.1) is 0 Å². The van der Waals surface area contributed by atoms with Crippen molar-refractivity contribution in [2.75, 3.05) is 0 Å². The molecule has 0 radical (unpaired) electrons. The van der Waals surface area contributed by atoms with E-state index in [-0.39, 0.29) is 27.7 Å². The fourth-order valence-corrected chi connectivity index (χ4v) is 9.30. The second-order valence-corrected chi connectivity index (χ2v) is 14.8. The molecule has 4 heteroatoms. The van der Waals surface area contributed by atoms with Crippen LogP contribution in [0.1, 0.15) is 104 Å². The Balaban J connectivity index is 1.49. The van der Waals surface area contributed by atoms with Crippen molar-refractivity contribution >= 4 is 0 Å². The lowest BCUT2D eigenvalue weighted by Gasteiger charge is -2.51. The summed E-state index contributed by atoms with van der Waals surface area (Å²) in [6.07, 6.45) is 9.39. The lowest BCUT2D eigenvalue weighted by molar-refractivity contribution is 0.108. The molecule has 2 aliphatic rings. The molecule has 0 aromatic heterocycles. The fraction of sp³-hybridized carbons (Fsp3) is 0.415. The molecule has 45 heavy (non-hydrogen) atoms. The van der Waals surface area contributed by atoms with Gasteiger partial charge in [0.25, 0.3) is 0 Å². The molecular weight excluding hydrogens is 556 g/mol. The number of aromatic hydroxyl groups is 4. The number of hydrogen-bond donors (Lipinski definition) is 4. The molecule has 0 spiro atoms. The zero-order valence-corrected chi connectivity index (χ0v) is 27.2. The van der Waals surface area contributed by atoms with Gasteiger partial charge in [-0.2, -0.15) is 0 Å². The Morgan fingerprint density at radius 2 is 1.18 bits per heavy atom. The van der Waals surface area contributed by atoms with Crippen molar-refractivity contribution in [2.24, 2.45) is 11.3 Å². The highest BCUT2D eigenvalue weighted by Gasteiger charge is 2.48. The molecule has 4 nitrogen and oxygen atoms in total. The van der Waals surface area contributed by atoms with Crippen molar-refractivity contribution in [3.63, 3.8) is 0 Å². The molecule has 236 valence electrons. The number of phenolic OH excluding ortho intramolecular Hbond substituents is 4. The lowest BCUT2D eigenvalue weighted by atomic mass is 9.53. The summed E-state index contributed by atoms with van der Waals surface area (Å²) in [6.45, 7) is 8.75. The molecule has 4 N–H and O–H groups in total. The minimum atomic E-state index is -0.294. The first-order valence-corrected chi connectivity index (χ1v) is 16.7. The smallest absolute Gasteiger partial charge is 0.118 e. The van der Waals surface area contributed by atoms with Crippen LogP contribution in [0, 0.1) is 25.2 Å². The summed E-state index contributed by atoms with van der Waals surface area (Å²) in [5.74, 6) is 1.62. The molecule has 2 unspecified atom stereocenters. The number of rotatable bonds is 6. The average Bonchev–Trinajstić information content (AvgIpc) is 3.00. The van der Waals surface area contributed by atoms with Crippen LogP contribution < -0.4 is 0 Å². The molecule has 4 aromatic rings. The summed E-state index contributed by atoms with van der Waals surface area (Å²) in [5.41, 5.74) is 7.39. The summed E-state index contributed by atoms with van der Waals surface area (Å²) in [4.78, 5) is 0. The topological polar surface area (TPSA) is 80.9 Å². The van der Waals surface area contributed by atoms with Crippen molar-refractivity contribution in [3.05, 3.63) is 118 Å². The predicted octanol–water partition coefficient (Wildman–Crippen LogP) is 9.73. The van der Waals surface area contributed by atoms with Crippen LogP contribution >= 0.6 is 0 Å². The summed E-state index contributed by atoms with van der Waals surface area (Å²) < 4.78 is 0. The highest BCUT2D eigenvalue weighted by atomic mass is 16.3. The number of aryl methyl sites for hydroxylation is 2. The van der Waals surface area contributed by atoms with Crippen molar-refractivity contribution in [3.8, 4) is 23.0 Å². The minimum Gasteiger partial charge on any atom is -0.508 e. The van der Waals surface area contributed by atoms with Crippen LogP contribution in [0.4, 0.5) is 0 Å². The van der Waals surface area contributed by atoms with E-state index in [2.05, 4.69) is 56.3 Å². The van der Waals surface area contributed by atoms with Gasteiger partial charge in [0.15, 0.2) is 0 Å². The summed E-state index contributed by atoms with van der Waals surface area (Å²) in [7, 11) is 0. The summed E-state index contributed by atoms with van der Waals surface area (Å²) in [5, 5.41) is 41.9. The Hall–Kier alpha value is -3.92. The normalized spacial score (nSPS) is 22.6. The molecule has 4 aromatic carbocycles. The Morgan fingerprint density at radius 1 is 0.622 bits per heavy atom. The van der Waals surface area contributed by atoms with Gasteiger partial charge in [-0.1, -0.05) is 75.6 Å². The van der Waals surface area contributed by atoms with E-state index in [0.717, 1.165) is 62.5 Å². The van der Waals surface area contributed by atoms with E-state index in [1.165, 1.54) is 34.2 Å². The molecule has 2 fully saturated rings. The zero-order chi connectivity index (χ0) is 32.0. The van der Waals surface area contributed by atoms with E-state index in [0.29, 0.717) is 17.4 Å². The molecule has 2 saturated carbocycles.